The lowest BCUT2D eigenvalue weighted by molar-refractivity contribution is 0.492. The number of rotatable bonds is 0. The van der Waals surface area contributed by atoms with Gasteiger partial charge < -0.3 is 4.89 Å². The van der Waals surface area contributed by atoms with Crippen LogP contribution < -0.4 is 0 Å². The van der Waals surface area contributed by atoms with Crippen molar-refractivity contribution in [2.75, 3.05) is 13.3 Å². The Labute approximate surface area is 43.4 Å². The van der Waals surface area contributed by atoms with Gasteiger partial charge in [-0.05, 0) is 0 Å². The topological polar surface area (TPSA) is 37.3 Å². The van der Waals surface area contributed by atoms with E-state index in [1.807, 2.05) is 0 Å². The van der Waals surface area contributed by atoms with Gasteiger partial charge in [-0.15, -0.1) is 12.4 Å². The van der Waals surface area contributed by atoms with Gasteiger partial charge in [0.15, 0.2) is 7.37 Å². The van der Waals surface area contributed by atoms with Gasteiger partial charge in [-0.3, -0.25) is 4.57 Å². The molecule has 0 unspecified atom stereocenters. The summed E-state index contributed by atoms with van der Waals surface area (Å²) in [4.78, 5) is 8.08. The molecule has 0 aliphatic heterocycles. The predicted octanol–water partition coefficient (Wildman–Crippen LogP) is 0.938. The molecule has 0 rings (SSSR count). The number of hydrogen-bond donors (Lipinski definition) is 1. The van der Waals surface area contributed by atoms with Gasteiger partial charge in [0.05, 0.1) is 0 Å². The summed E-state index contributed by atoms with van der Waals surface area (Å²) in [5.41, 5.74) is 0. The van der Waals surface area contributed by atoms with E-state index in [2.05, 4.69) is 0 Å². The fourth-order valence-electron chi connectivity index (χ4n) is 0. The second-order valence-electron chi connectivity index (χ2n) is 1.29. The Morgan fingerprint density at radius 3 is 1.50 bits per heavy atom. The van der Waals surface area contributed by atoms with Crippen LogP contribution >= 0.6 is 19.8 Å². The van der Waals surface area contributed by atoms with Gasteiger partial charge in [0.1, 0.15) is 0 Å². The van der Waals surface area contributed by atoms with Crippen LogP contribution in [0.25, 0.3) is 0 Å². The first-order chi connectivity index (χ1) is 2.00. The van der Waals surface area contributed by atoms with Crippen molar-refractivity contribution in [1.82, 2.24) is 0 Å². The van der Waals surface area contributed by atoms with Crippen molar-refractivity contribution in [3.63, 3.8) is 0 Å². The minimum Gasteiger partial charge on any atom is -0.345 e. The molecule has 2 nitrogen and oxygen atoms in total. The van der Waals surface area contributed by atoms with Crippen LogP contribution in [0.2, 0.25) is 0 Å². The van der Waals surface area contributed by atoms with Crippen LogP contribution in [0.3, 0.4) is 0 Å². The summed E-state index contributed by atoms with van der Waals surface area (Å²) in [5.74, 6) is 0. The highest BCUT2D eigenvalue weighted by Crippen LogP contribution is 2.27. The van der Waals surface area contributed by atoms with Crippen LogP contribution in [0.15, 0.2) is 0 Å². The normalized spacial score (nSPS) is 9.83. The zero-order valence-electron chi connectivity index (χ0n) is 3.71. The zero-order chi connectivity index (χ0) is 4.50. The lowest BCUT2D eigenvalue weighted by Crippen LogP contribution is -1.62. The van der Waals surface area contributed by atoms with Crippen molar-refractivity contribution in [1.29, 1.82) is 0 Å². The van der Waals surface area contributed by atoms with E-state index in [1.54, 1.807) is 0 Å². The van der Waals surface area contributed by atoms with Gasteiger partial charge in [-0.1, -0.05) is 0 Å². The van der Waals surface area contributed by atoms with E-state index in [-0.39, 0.29) is 12.4 Å². The summed E-state index contributed by atoms with van der Waals surface area (Å²) in [7, 11) is -2.64. The van der Waals surface area contributed by atoms with E-state index in [0.717, 1.165) is 0 Å². The van der Waals surface area contributed by atoms with Crippen molar-refractivity contribution >= 4 is 19.8 Å². The third-order valence-electron chi connectivity index (χ3n) is 0. The van der Waals surface area contributed by atoms with E-state index < -0.39 is 7.37 Å². The van der Waals surface area contributed by atoms with E-state index in [9.17, 15) is 4.57 Å². The predicted molar refractivity (Wildman–Crippen MR) is 28.9 cm³/mol. The quantitative estimate of drug-likeness (QED) is 0.496. The van der Waals surface area contributed by atoms with Gasteiger partial charge in [-0.2, -0.15) is 0 Å². The van der Waals surface area contributed by atoms with Gasteiger partial charge in [0.2, 0.25) is 0 Å². The molecule has 0 saturated carbocycles. The monoisotopic (exact) mass is 130 g/mol. The summed E-state index contributed by atoms with van der Waals surface area (Å²) in [6.45, 7) is 2.60. The molecule has 1 N–H and O–H groups in total. The summed E-state index contributed by atoms with van der Waals surface area (Å²) in [6, 6.07) is 0. The van der Waals surface area contributed by atoms with Crippen molar-refractivity contribution in [2.45, 2.75) is 0 Å². The molecule has 0 aromatic rings. The van der Waals surface area contributed by atoms with Gasteiger partial charge >= 0.3 is 0 Å². The van der Waals surface area contributed by atoms with Crippen LogP contribution in [0, 0.1) is 0 Å². The Balaban J connectivity index is 0. The van der Waals surface area contributed by atoms with Gasteiger partial charge in [-0.25, -0.2) is 0 Å². The third kappa shape index (κ3) is 235. The molecule has 0 aromatic heterocycles. The number of hydrogen-bond acceptors (Lipinski definition) is 1. The maximum Gasteiger partial charge on any atom is 0.194 e. The smallest absolute Gasteiger partial charge is 0.194 e. The van der Waals surface area contributed by atoms with Crippen LogP contribution in [0.4, 0.5) is 0 Å². The summed E-state index contributed by atoms with van der Waals surface area (Å²) in [6.07, 6.45) is 0. The first-order valence-electron chi connectivity index (χ1n) is 1.28. The van der Waals surface area contributed by atoms with Gasteiger partial charge in [0.25, 0.3) is 0 Å². The zero-order valence-corrected chi connectivity index (χ0v) is 5.42. The van der Waals surface area contributed by atoms with Crippen LogP contribution in [-0.2, 0) is 4.57 Å². The van der Waals surface area contributed by atoms with Crippen molar-refractivity contribution < 1.29 is 9.46 Å². The standard InChI is InChI=1S/C2H7O2P.ClH/c1-5(2,3)4;/h1-2H3,(H,3,4);1H. The molecule has 0 heterocycles. The Hall–Kier alpha value is 0.480. The lowest BCUT2D eigenvalue weighted by atomic mass is 11.9. The summed E-state index contributed by atoms with van der Waals surface area (Å²) in [5, 5.41) is 0. The minimum absolute atomic E-state index is 0. The molecule has 0 saturated heterocycles. The maximum absolute atomic E-state index is 9.77. The molecule has 40 valence electrons. The molecular weight excluding hydrogens is 122 g/mol. The Kier molecular flexibility index (Phi) is 4.23. The highest BCUT2D eigenvalue weighted by atomic mass is 35.5. The Morgan fingerprint density at radius 2 is 1.50 bits per heavy atom. The largest absolute Gasteiger partial charge is 0.345 e. The van der Waals surface area contributed by atoms with E-state index >= 15 is 0 Å². The Bertz CT molecular complexity index is 57.7. The maximum atomic E-state index is 9.77. The highest BCUT2D eigenvalue weighted by molar-refractivity contribution is 7.56. The molecule has 0 aliphatic carbocycles. The highest BCUT2D eigenvalue weighted by Gasteiger charge is 1.92. The molecule has 0 amide bonds. The second kappa shape index (κ2) is 2.62. The average molecular weight is 131 g/mol. The van der Waals surface area contributed by atoms with Crippen molar-refractivity contribution in [3.8, 4) is 0 Å². The lowest BCUT2D eigenvalue weighted by Gasteiger charge is -1.86. The summed E-state index contributed by atoms with van der Waals surface area (Å²) >= 11 is 0. The van der Waals surface area contributed by atoms with Crippen molar-refractivity contribution in [3.05, 3.63) is 0 Å². The molecule has 0 radical (unpaired) electrons. The summed E-state index contributed by atoms with van der Waals surface area (Å²) < 4.78 is 9.77. The molecular formula is C2H8ClO2P. The Morgan fingerprint density at radius 1 is 1.50 bits per heavy atom. The number of halogens is 1. The third-order valence-corrected chi connectivity index (χ3v) is 0. The molecule has 6 heavy (non-hydrogen) atoms. The van der Waals surface area contributed by atoms with Crippen molar-refractivity contribution in [2.24, 2.45) is 0 Å². The van der Waals surface area contributed by atoms with Gasteiger partial charge in [0, 0.05) is 13.3 Å². The molecule has 0 atom stereocenters. The fraction of sp³-hybridized carbons (Fsp3) is 1.00. The molecule has 4 heteroatoms. The minimum atomic E-state index is -2.64. The van der Waals surface area contributed by atoms with E-state index in [0.29, 0.717) is 0 Å². The van der Waals surface area contributed by atoms with E-state index in [1.165, 1.54) is 13.3 Å². The van der Waals surface area contributed by atoms with Crippen LogP contribution in [0.1, 0.15) is 0 Å². The SMILES string of the molecule is CP(C)(=O)O.Cl. The molecule has 0 aliphatic rings. The molecule has 0 bridgehead atoms. The van der Waals surface area contributed by atoms with E-state index in [4.69, 9.17) is 4.89 Å². The first-order valence-corrected chi connectivity index (χ1v) is 3.83. The van der Waals surface area contributed by atoms with Crippen LogP contribution in [0.5, 0.6) is 0 Å². The first kappa shape index (κ1) is 9.70. The molecule has 0 spiro atoms. The fourth-order valence-corrected chi connectivity index (χ4v) is 0. The average Bonchev–Trinajstić information content (AvgIpc) is 0.722. The second-order valence-corrected chi connectivity index (χ2v) is 3.88. The van der Waals surface area contributed by atoms with Crippen LogP contribution in [-0.4, -0.2) is 18.2 Å². The molecule has 0 fully saturated rings. The molecule has 0 aromatic carbocycles.